The van der Waals surface area contributed by atoms with Gasteiger partial charge in [-0.05, 0) is 80.2 Å². The topological polar surface area (TPSA) is 37.8 Å². The molecule has 5 heteroatoms. The first-order valence-electron chi connectivity index (χ1n) is 7.99. The summed E-state index contributed by atoms with van der Waals surface area (Å²) in [6.45, 7) is 2.18. The van der Waals surface area contributed by atoms with Gasteiger partial charge >= 0.3 is 0 Å². The number of rotatable bonds is 3. The average Bonchev–Trinajstić information content (AvgIpc) is 2.41. The van der Waals surface area contributed by atoms with Crippen LogP contribution < -0.4 is 5.32 Å². The van der Waals surface area contributed by atoms with Crippen molar-refractivity contribution < 1.29 is 4.39 Å². The lowest BCUT2D eigenvalue weighted by Gasteiger charge is -2.59. The van der Waals surface area contributed by atoms with Crippen LogP contribution in [-0.2, 0) is 0 Å². The Morgan fingerprint density at radius 2 is 1.81 bits per heavy atom. The zero-order valence-corrected chi connectivity index (χ0v) is 13.0. The maximum atomic E-state index is 13.9. The van der Waals surface area contributed by atoms with Crippen molar-refractivity contribution in [2.75, 3.05) is 5.32 Å². The van der Waals surface area contributed by atoms with Crippen LogP contribution in [0.2, 0.25) is 5.28 Å². The fourth-order valence-corrected chi connectivity index (χ4v) is 5.65. The molecule has 1 unspecified atom stereocenters. The van der Waals surface area contributed by atoms with E-state index in [1.165, 1.54) is 38.5 Å². The van der Waals surface area contributed by atoms with Crippen molar-refractivity contribution in [2.24, 2.45) is 23.2 Å². The zero-order valence-electron chi connectivity index (χ0n) is 12.3. The van der Waals surface area contributed by atoms with Gasteiger partial charge in [0.15, 0.2) is 11.6 Å². The fourth-order valence-electron chi connectivity index (χ4n) is 5.51. The molecule has 0 amide bonds. The molecule has 4 aliphatic carbocycles. The van der Waals surface area contributed by atoms with Gasteiger partial charge in [0.2, 0.25) is 5.28 Å². The Kier molecular flexibility index (Phi) is 3.14. The molecule has 0 saturated heterocycles. The molecule has 0 aromatic carbocycles. The van der Waals surface area contributed by atoms with E-state index in [9.17, 15) is 4.39 Å². The van der Waals surface area contributed by atoms with Crippen molar-refractivity contribution in [1.29, 1.82) is 0 Å². The summed E-state index contributed by atoms with van der Waals surface area (Å²) < 4.78 is 13.9. The van der Waals surface area contributed by atoms with Gasteiger partial charge in [-0.25, -0.2) is 9.37 Å². The molecule has 4 aliphatic rings. The van der Waals surface area contributed by atoms with Gasteiger partial charge in [-0.3, -0.25) is 0 Å². The van der Waals surface area contributed by atoms with Crippen LogP contribution >= 0.6 is 11.6 Å². The minimum absolute atomic E-state index is 0.0941. The summed E-state index contributed by atoms with van der Waals surface area (Å²) in [4.78, 5) is 7.69. The standard InChI is InChI=1S/C16H21ClFN3/c1-9(20-14-13(18)8-19-15(17)21-14)16-5-10-2-11(6-16)4-12(3-10)7-16/h8-12H,2-7H2,1H3,(H,19,20,21). The minimum atomic E-state index is -0.420. The molecule has 114 valence electrons. The summed E-state index contributed by atoms with van der Waals surface area (Å²) in [6.07, 6.45) is 9.25. The lowest BCUT2D eigenvalue weighted by molar-refractivity contribution is -0.0603. The van der Waals surface area contributed by atoms with Crippen molar-refractivity contribution in [2.45, 2.75) is 51.5 Å². The molecule has 4 fully saturated rings. The van der Waals surface area contributed by atoms with Crippen LogP contribution in [-0.4, -0.2) is 16.0 Å². The highest BCUT2D eigenvalue weighted by atomic mass is 35.5. The molecular weight excluding hydrogens is 289 g/mol. The van der Waals surface area contributed by atoms with E-state index >= 15 is 0 Å². The van der Waals surface area contributed by atoms with Gasteiger partial charge < -0.3 is 5.32 Å². The van der Waals surface area contributed by atoms with Crippen molar-refractivity contribution in [3.8, 4) is 0 Å². The lowest BCUT2D eigenvalue weighted by Crippen LogP contribution is -2.53. The molecule has 1 atom stereocenters. The van der Waals surface area contributed by atoms with E-state index in [1.54, 1.807) is 0 Å². The Hall–Kier alpha value is -0.900. The van der Waals surface area contributed by atoms with E-state index in [0.29, 0.717) is 5.41 Å². The molecular formula is C16H21ClFN3. The highest BCUT2D eigenvalue weighted by molar-refractivity contribution is 6.28. The fraction of sp³-hybridized carbons (Fsp3) is 0.750. The molecule has 5 rings (SSSR count). The molecule has 21 heavy (non-hydrogen) atoms. The predicted molar refractivity (Wildman–Crippen MR) is 80.7 cm³/mol. The SMILES string of the molecule is CC(Nc1nc(Cl)ncc1F)C12CC3CC(CC(C3)C1)C2. The van der Waals surface area contributed by atoms with Crippen molar-refractivity contribution in [3.05, 3.63) is 17.3 Å². The maximum Gasteiger partial charge on any atom is 0.224 e. The molecule has 1 aromatic heterocycles. The number of nitrogens with zero attached hydrogens (tertiary/aromatic N) is 2. The number of halogens is 2. The highest BCUT2D eigenvalue weighted by Crippen LogP contribution is 2.61. The average molecular weight is 310 g/mol. The number of nitrogens with one attached hydrogen (secondary N) is 1. The molecule has 3 nitrogen and oxygen atoms in total. The smallest absolute Gasteiger partial charge is 0.224 e. The van der Waals surface area contributed by atoms with Crippen LogP contribution in [0, 0.1) is 29.0 Å². The zero-order chi connectivity index (χ0) is 14.6. The van der Waals surface area contributed by atoms with Crippen LogP contribution in [0.4, 0.5) is 10.2 Å². The Bertz CT molecular complexity index is 527. The van der Waals surface area contributed by atoms with Crippen LogP contribution in [0.5, 0.6) is 0 Å². The van der Waals surface area contributed by atoms with E-state index in [0.717, 1.165) is 24.0 Å². The second-order valence-electron chi connectivity index (χ2n) is 7.48. The number of aromatic nitrogens is 2. The Morgan fingerprint density at radius 1 is 1.24 bits per heavy atom. The molecule has 1 aromatic rings. The Labute approximate surface area is 129 Å². The second-order valence-corrected chi connectivity index (χ2v) is 7.82. The molecule has 1 heterocycles. The predicted octanol–water partition coefficient (Wildman–Crippen LogP) is 4.29. The Morgan fingerprint density at radius 3 is 2.38 bits per heavy atom. The number of hydrogen-bond donors (Lipinski definition) is 1. The van der Waals surface area contributed by atoms with Crippen LogP contribution in [0.15, 0.2) is 6.20 Å². The lowest BCUT2D eigenvalue weighted by atomic mass is 9.48. The van der Waals surface area contributed by atoms with E-state index < -0.39 is 5.82 Å². The quantitative estimate of drug-likeness (QED) is 0.847. The second kappa shape index (κ2) is 4.80. The van der Waals surface area contributed by atoms with Crippen molar-refractivity contribution in [1.82, 2.24) is 9.97 Å². The maximum absolute atomic E-state index is 13.9. The minimum Gasteiger partial charge on any atom is -0.364 e. The van der Waals surface area contributed by atoms with Crippen LogP contribution in [0.1, 0.15) is 45.4 Å². The van der Waals surface area contributed by atoms with Crippen LogP contribution in [0.25, 0.3) is 0 Å². The van der Waals surface area contributed by atoms with Crippen molar-refractivity contribution in [3.63, 3.8) is 0 Å². The van der Waals surface area contributed by atoms with Crippen LogP contribution in [0.3, 0.4) is 0 Å². The van der Waals surface area contributed by atoms with Gasteiger partial charge in [-0.1, -0.05) is 0 Å². The van der Waals surface area contributed by atoms with Gasteiger partial charge in [-0.2, -0.15) is 4.98 Å². The molecule has 0 aliphatic heterocycles. The summed E-state index contributed by atoms with van der Waals surface area (Å²) in [5.41, 5.74) is 0.318. The summed E-state index contributed by atoms with van der Waals surface area (Å²) in [5, 5.41) is 3.39. The summed E-state index contributed by atoms with van der Waals surface area (Å²) in [7, 11) is 0. The van der Waals surface area contributed by atoms with E-state index in [4.69, 9.17) is 11.6 Å². The molecule has 0 spiro atoms. The monoisotopic (exact) mass is 309 g/mol. The first kappa shape index (κ1) is 13.7. The molecule has 1 N–H and O–H groups in total. The normalized spacial score (nSPS) is 38.5. The summed E-state index contributed by atoms with van der Waals surface area (Å²) in [5.74, 6) is 2.49. The third-order valence-corrected chi connectivity index (χ3v) is 6.25. The van der Waals surface area contributed by atoms with E-state index in [-0.39, 0.29) is 17.1 Å². The first-order valence-corrected chi connectivity index (χ1v) is 8.36. The van der Waals surface area contributed by atoms with E-state index in [1.807, 2.05) is 0 Å². The number of anilines is 1. The van der Waals surface area contributed by atoms with Gasteiger partial charge in [0.1, 0.15) is 0 Å². The summed E-state index contributed by atoms with van der Waals surface area (Å²) in [6, 6.07) is 0.228. The van der Waals surface area contributed by atoms with Gasteiger partial charge in [-0.15, -0.1) is 0 Å². The van der Waals surface area contributed by atoms with Gasteiger partial charge in [0, 0.05) is 6.04 Å². The summed E-state index contributed by atoms with van der Waals surface area (Å²) >= 11 is 5.79. The van der Waals surface area contributed by atoms with Gasteiger partial charge in [0.05, 0.1) is 6.20 Å². The van der Waals surface area contributed by atoms with Gasteiger partial charge in [0.25, 0.3) is 0 Å². The highest BCUT2D eigenvalue weighted by Gasteiger charge is 2.53. The first-order chi connectivity index (χ1) is 10.0. The molecule has 4 saturated carbocycles. The molecule has 4 bridgehead atoms. The van der Waals surface area contributed by atoms with E-state index in [2.05, 4.69) is 22.2 Å². The largest absolute Gasteiger partial charge is 0.364 e. The third kappa shape index (κ3) is 2.32. The van der Waals surface area contributed by atoms with Crippen molar-refractivity contribution >= 4 is 17.4 Å². The molecule has 0 radical (unpaired) electrons. The Balaban J connectivity index is 1.57. The number of hydrogen-bond acceptors (Lipinski definition) is 3. The third-order valence-electron chi connectivity index (χ3n) is 6.07.